The van der Waals surface area contributed by atoms with E-state index in [1.165, 1.54) is 0 Å². The normalized spacial score (nSPS) is 11.8. The summed E-state index contributed by atoms with van der Waals surface area (Å²) >= 11 is 0. The summed E-state index contributed by atoms with van der Waals surface area (Å²) in [5.74, 6) is 0. The average Bonchev–Trinajstić information content (AvgIpc) is 3.95. The summed E-state index contributed by atoms with van der Waals surface area (Å²) in [6, 6.07) is 41.7. The molecule has 0 amide bonds. The molecule has 258 valence electrons. The number of nitrogens with zero attached hydrogens (tertiary/aromatic N) is 3. The van der Waals surface area contributed by atoms with Crippen LogP contribution >= 0.6 is 0 Å². The molecule has 2 aliphatic rings. The minimum absolute atomic E-state index is 0. The van der Waals surface area contributed by atoms with Gasteiger partial charge in [0.2, 0.25) is 0 Å². The number of hydrogen-bond acceptors (Lipinski definition) is 6. The zero-order valence-electron chi connectivity index (χ0n) is 28.4. The van der Waals surface area contributed by atoms with Crippen molar-refractivity contribution in [2.75, 3.05) is 22.9 Å². The molecule has 0 spiro atoms. The number of aromatic amines is 1. The van der Waals surface area contributed by atoms with Crippen molar-refractivity contribution in [1.82, 2.24) is 19.5 Å². The van der Waals surface area contributed by atoms with Gasteiger partial charge in [0.15, 0.2) is 0 Å². The number of fused-ring (bicyclic) bond motifs is 8. The van der Waals surface area contributed by atoms with Gasteiger partial charge >= 0.3 is 0 Å². The van der Waals surface area contributed by atoms with Crippen molar-refractivity contribution in [2.24, 2.45) is 0 Å². The molecule has 9 N–H and O–H groups in total. The number of benzene rings is 4. The Kier molecular flexibility index (Phi) is 8.43. The Morgan fingerprint density at radius 3 is 1.51 bits per heavy atom. The molecule has 0 saturated heterocycles. The van der Waals surface area contributed by atoms with Gasteiger partial charge in [-0.15, -0.1) is 0 Å². The molecule has 8 nitrogen and oxygen atoms in total. The van der Waals surface area contributed by atoms with Crippen molar-refractivity contribution in [3.05, 3.63) is 150 Å². The van der Waals surface area contributed by atoms with Gasteiger partial charge in [0.1, 0.15) is 0 Å². The molecule has 0 fully saturated rings. The van der Waals surface area contributed by atoms with Crippen LogP contribution in [0.25, 0.3) is 85.4 Å². The van der Waals surface area contributed by atoms with E-state index in [0.717, 1.165) is 83.9 Å². The third-order valence-corrected chi connectivity index (χ3v) is 9.54. The standard InChI is InChI=1S/C44H34N8.Fe/c45-34-12-4-1-9-31(34)41-38-22-21-29(51-38)24-28-18-17-26(49-28)23-27-19-20-30(50-27)25-40-42(32-10-2-5-13-35(32)46)43(33-11-3-6-14-36(33)47)44(41)52(40)39-16-8-7-15-37(39)48;/h1-25,49H,45-48H2;. The van der Waals surface area contributed by atoms with Crippen molar-refractivity contribution in [1.29, 1.82) is 0 Å². The van der Waals surface area contributed by atoms with Crippen LogP contribution in [0.4, 0.5) is 22.7 Å². The molecule has 8 bridgehead atoms. The van der Waals surface area contributed by atoms with Crippen LogP contribution in [0.5, 0.6) is 0 Å². The number of H-pyrrole nitrogens is 1. The van der Waals surface area contributed by atoms with Crippen molar-refractivity contribution in [3.63, 3.8) is 0 Å². The third kappa shape index (κ3) is 5.84. The van der Waals surface area contributed by atoms with Gasteiger partial charge in [0, 0.05) is 78.5 Å². The molecule has 4 aromatic carbocycles. The fraction of sp³-hybridized carbons (Fsp3) is 0. The van der Waals surface area contributed by atoms with E-state index in [4.69, 9.17) is 32.9 Å². The second-order valence-corrected chi connectivity index (χ2v) is 12.9. The molecule has 5 heterocycles. The van der Waals surface area contributed by atoms with Crippen molar-refractivity contribution < 1.29 is 17.1 Å². The molecule has 0 aliphatic carbocycles. The predicted molar refractivity (Wildman–Crippen MR) is 218 cm³/mol. The zero-order valence-corrected chi connectivity index (χ0v) is 29.5. The first-order chi connectivity index (χ1) is 25.4. The molecule has 0 atom stereocenters. The first-order valence-electron chi connectivity index (χ1n) is 17.0. The molecular formula is C44H34FeN8. The van der Waals surface area contributed by atoms with Crippen molar-refractivity contribution in [2.45, 2.75) is 0 Å². The summed E-state index contributed by atoms with van der Waals surface area (Å²) in [4.78, 5) is 13.8. The van der Waals surface area contributed by atoms with E-state index in [0.29, 0.717) is 22.7 Å². The fourth-order valence-corrected chi connectivity index (χ4v) is 7.21. The number of para-hydroxylation sites is 5. The predicted octanol–water partition coefficient (Wildman–Crippen LogP) is 9.45. The maximum Gasteiger partial charge on any atom is 0.0738 e. The van der Waals surface area contributed by atoms with E-state index in [1.807, 2.05) is 146 Å². The number of hydrogen-bond donors (Lipinski definition) is 5. The van der Waals surface area contributed by atoms with E-state index in [1.54, 1.807) is 0 Å². The summed E-state index contributed by atoms with van der Waals surface area (Å²) in [5.41, 5.74) is 42.4. The summed E-state index contributed by atoms with van der Waals surface area (Å²) in [6.07, 6.45) is 8.09. The number of nitrogens with two attached hydrogens (primary N) is 4. The first kappa shape index (κ1) is 33.3. The monoisotopic (exact) mass is 730 g/mol. The first-order valence-corrected chi connectivity index (χ1v) is 17.0. The third-order valence-electron chi connectivity index (χ3n) is 9.54. The molecule has 0 saturated carbocycles. The number of anilines is 4. The minimum atomic E-state index is 0. The maximum absolute atomic E-state index is 6.94. The Morgan fingerprint density at radius 1 is 0.453 bits per heavy atom. The maximum atomic E-state index is 6.94. The molecule has 9 rings (SSSR count). The Morgan fingerprint density at radius 2 is 0.925 bits per heavy atom. The fourth-order valence-electron chi connectivity index (χ4n) is 7.21. The van der Waals surface area contributed by atoms with Gasteiger partial charge in [-0.1, -0.05) is 66.7 Å². The molecular weight excluding hydrogens is 696 g/mol. The van der Waals surface area contributed by atoms with E-state index in [2.05, 4.69) is 15.6 Å². The molecule has 3 aromatic heterocycles. The van der Waals surface area contributed by atoms with Crippen LogP contribution in [0.15, 0.2) is 127 Å². The van der Waals surface area contributed by atoms with Gasteiger partial charge in [0.05, 0.1) is 45.2 Å². The SMILES string of the molecule is Nc1ccccc1-c1c(-c2ccccc2N)c2c(-c3ccccc3N)c3nc(cc4ccc(cc5nc(cc1n2-c1ccccc1N)C=C5)[nH]4)C=C3.[Fe]. The van der Waals surface area contributed by atoms with Gasteiger partial charge in [-0.3, -0.25) is 0 Å². The average molecular weight is 731 g/mol. The van der Waals surface area contributed by atoms with Gasteiger partial charge in [-0.2, -0.15) is 0 Å². The molecule has 9 heteroatoms. The summed E-state index contributed by atoms with van der Waals surface area (Å²) < 4.78 is 2.19. The van der Waals surface area contributed by atoms with E-state index in [9.17, 15) is 0 Å². The van der Waals surface area contributed by atoms with Gasteiger partial charge in [0.25, 0.3) is 0 Å². The van der Waals surface area contributed by atoms with Crippen LogP contribution in [0.1, 0.15) is 22.8 Å². The summed E-state index contributed by atoms with van der Waals surface area (Å²) in [7, 11) is 0. The Hall–Kier alpha value is -6.80. The van der Waals surface area contributed by atoms with Crippen LogP contribution < -0.4 is 22.9 Å². The number of rotatable bonds is 4. The minimum Gasteiger partial charge on any atom is -0.398 e. The smallest absolute Gasteiger partial charge is 0.0738 e. The second kappa shape index (κ2) is 13.4. The van der Waals surface area contributed by atoms with Gasteiger partial charge in [-0.05, 0) is 85.0 Å². The largest absolute Gasteiger partial charge is 0.398 e. The number of nitrogens with one attached hydrogen (secondary N) is 1. The van der Waals surface area contributed by atoms with Crippen LogP contribution in [0.2, 0.25) is 0 Å². The van der Waals surface area contributed by atoms with Crippen LogP contribution in [0.3, 0.4) is 0 Å². The molecule has 0 radical (unpaired) electrons. The quantitative estimate of drug-likeness (QED) is 0.0899. The Labute approximate surface area is 316 Å². The number of aromatic nitrogens is 4. The zero-order chi connectivity index (χ0) is 35.3. The van der Waals surface area contributed by atoms with Gasteiger partial charge in [-0.25, -0.2) is 9.97 Å². The topological polar surface area (TPSA) is 151 Å². The Balaban J connectivity index is 0.00000400. The van der Waals surface area contributed by atoms with E-state index in [-0.39, 0.29) is 17.1 Å². The van der Waals surface area contributed by atoms with Crippen LogP contribution in [-0.4, -0.2) is 19.5 Å². The van der Waals surface area contributed by atoms with E-state index < -0.39 is 0 Å². The number of nitrogen functional groups attached to an aromatic ring is 4. The molecule has 0 unspecified atom stereocenters. The second-order valence-electron chi connectivity index (χ2n) is 12.9. The Bertz CT molecular complexity index is 2810. The molecule has 7 aromatic rings. The van der Waals surface area contributed by atoms with Crippen molar-refractivity contribution >= 4 is 69.1 Å². The van der Waals surface area contributed by atoms with E-state index >= 15 is 0 Å². The summed E-state index contributed by atoms with van der Waals surface area (Å²) in [6.45, 7) is 0. The summed E-state index contributed by atoms with van der Waals surface area (Å²) in [5, 5.41) is 0. The molecule has 53 heavy (non-hydrogen) atoms. The van der Waals surface area contributed by atoms with Crippen LogP contribution in [0, 0.1) is 0 Å². The van der Waals surface area contributed by atoms with Crippen molar-refractivity contribution in [3.8, 4) is 39.1 Å². The van der Waals surface area contributed by atoms with Gasteiger partial charge < -0.3 is 32.5 Å². The van der Waals surface area contributed by atoms with Crippen LogP contribution in [-0.2, 0) is 17.1 Å². The molecule has 2 aliphatic heterocycles.